The van der Waals surface area contributed by atoms with E-state index in [9.17, 15) is 0 Å². The maximum atomic E-state index is 4.37. The molecule has 2 nitrogen and oxygen atoms in total. The second kappa shape index (κ2) is 2.09. The number of hydrogen-bond acceptors (Lipinski definition) is 2. The van der Waals surface area contributed by atoms with Crippen LogP contribution in [0.2, 0.25) is 0 Å². The summed E-state index contributed by atoms with van der Waals surface area (Å²) >= 11 is 1.68. The highest BCUT2D eigenvalue weighted by molar-refractivity contribution is 7.15. The summed E-state index contributed by atoms with van der Waals surface area (Å²) in [4.78, 5) is 5.47. The van der Waals surface area contributed by atoms with Crippen LogP contribution in [0.15, 0.2) is 17.8 Å². The van der Waals surface area contributed by atoms with Gasteiger partial charge in [0.2, 0.25) is 0 Å². The average Bonchev–Trinajstić information content (AvgIpc) is 2.42. The summed E-state index contributed by atoms with van der Waals surface area (Å²) in [5.41, 5.74) is 1.17. The average molecular weight is 152 g/mol. The number of nitrogens with zero attached hydrogens (tertiary/aromatic N) is 2. The zero-order valence-corrected chi connectivity index (χ0v) is 6.56. The molecule has 0 fully saturated rings. The summed E-state index contributed by atoms with van der Waals surface area (Å²) in [5.74, 6) is 0. The van der Waals surface area contributed by atoms with E-state index in [0.717, 1.165) is 11.4 Å². The van der Waals surface area contributed by atoms with E-state index in [-0.39, 0.29) is 0 Å². The molecule has 0 saturated heterocycles. The molecule has 0 unspecified atom stereocenters. The van der Waals surface area contributed by atoms with Crippen LogP contribution in [0.3, 0.4) is 0 Å². The Kier molecular flexibility index (Phi) is 1.24. The van der Waals surface area contributed by atoms with Gasteiger partial charge in [-0.15, -0.1) is 11.3 Å². The van der Waals surface area contributed by atoms with Gasteiger partial charge in [0.25, 0.3) is 0 Å². The van der Waals surface area contributed by atoms with Crippen molar-refractivity contribution < 1.29 is 0 Å². The Hall–Kier alpha value is -0.830. The summed E-state index contributed by atoms with van der Waals surface area (Å²) in [6, 6.07) is 0. The molecule has 0 spiro atoms. The molecule has 0 atom stereocenters. The van der Waals surface area contributed by atoms with Crippen LogP contribution in [0.4, 0.5) is 0 Å². The van der Waals surface area contributed by atoms with E-state index in [1.165, 1.54) is 5.69 Å². The summed E-state index contributed by atoms with van der Waals surface area (Å²) in [5, 5.41) is 2.04. The van der Waals surface area contributed by atoms with Crippen molar-refractivity contribution in [2.45, 2.75) is 13.3 Å². The van der Waals surface area contributed by atoms with Gasteiger partial charge in [-0.3, -0.25) is 4.40 Å². The van der Waals surface area contributed by atoms with Crippen LogP contribution < -0.4 is 0 Å². The summed E-state index contributed by atoms with van der Waals surface area (Å²) in [6.45, 7) is 2.12. The number of fused-ring (bicyclic) bond motifs is 1. The lowest BCUT2D eigenvalue weighted by atomic mass is 10.4. The van der Waals surface area contributed by atoms with Crippen molar-refractivity contribution in [2.24, 2.45) is 0 Å². The minimum absolute atomic E-state index is 1.02. The van der Waals surface area contributed by atoms with Gasteiger partial charge in [0.15, 0.2) is 4.96 Å². The van der Waals surface area contributed by atoms with Crippen LogP contribution in [-0.4, -0.2) is 9.38 Å². The number of aryl methyl sites for hydroxylation is 1. The maximum Gasteiger partial charge on any atom is 0.193 e. The first-order chi connectivity index (χ1) is 4.90. The number of rotatable bonds is 1. The van der Waals surface area contributed by atoms with E-state index < -0.39 is 0 Å². The van der Waals surface area contributed by atoms with Crippen molar-refractivity contribution in [1.29, 1.82) is 0 Å². The molecule has 3 heteroatoms. The van der Waals surface area contributed by atoms with Gasteiger partial charge in [-0.25, -0.2) is 4.98 Å². The molecular weight excluding hydrogens is 144 g/mol. The largest absolute Gasteiger partial charge is 0.297 e. The molecule has 0 aliphatic heterocycles. The molecule has 0 aromatic carbocycles. The molecule has 52 valence electrons. The lowest BCUT2D eigenvalue weighted by Crippen LogP contribution is -1.74. The Morgan fingerprint density at radius 1 is 1.70 bits per heavy atom. The monoisotopic (exact) mass is 152 g/mol. The highest BCUT2D eigenvalue weighted by atomic mass is 32.1. The van der Waals surface area contributed by atoms with E-state index >= 15 is 0 Å². The van der Waals surface area contributed by atoms with Gasteiger partial charge in [-0.1, -0.05) is 6.92 Å². The third-order valence-electron chi connectivity index (χ3n) is 1.51. The van der Waals surface area contributed by atoms with Crippen LogP contribution in [0.5, 0.6) is 0 Å². The van der Waals surface area contributed by atoms with Gasteiger partial charge in [0, 0.05) is 17.8 Å². The fourth-order valence-corrected chi connectivity index (χ4v) is 1.67. The normalized spacial score (nSPS) is 10.9. The third kappa shape index (κ3) is 0.743. The molecule has 2 aromatic heterocycles. The number of imidazole rings is 1. The van der Waals surface area contributed by atoms with Crippen LogP contribution >= 0.6 is 11.3 Å². The van der Waals surface area contributed by atoms with Crippen molar-refractivity contribution >= 4 is 16.3 Å². The molecule has 2 heterocycles. The van der Waals surface area contributed by atoms with E-state index in [0.29, 0.717) is 0 Å². The highest BCUT2D eigenvalue weighted by Crippen LogP contribution is 2.10. The Morgan fingerprint density at radius 2 is 2.60 bits per heavy atom. The quantitative estimate of drug-likeness (QED) is 0.610. The summed E-state index contributed by atoms with van der Waals surface area (Å²) in [6.07, 6.45) is 5.13. The Balaban J connectivity index is 2.67. The van der Waals surface area contributed by atoms with Crippen molar-refractivity contribution in [3.8, 4) is 0 Å². The Bertz CT molecular complexity index is 305. The predicted molar refractivity (Wildman–Crippen MR) is 42.4 cm³/mol. The second-order valence-electron chi connectivity index (χ2n) is 2.18. The zero-order valence-electron chi connectivity index (χ0n) is 5.74. The van der Waals surface area contributed by atoms with Crippen molar-refractivity contribution in [2.75, 3.05) is 0 Å². The molecule has 0 aliphatic carbocycles. The molecule has 2 aromatic rings. The van der Waals surface area contributed by atoms with Gasteiger partial charge < -0.3 is 0 Å². The molecule has 0 aliphatic rings. The first-order valence-corrected chi connectivity index (χ1v) is 4.19. The minimum atomic E-state index is 1.02. The fraction of sp³-hybridized carbons (Fsp3) is 0.286. The van der Waals surface area contributed by atoms with Gasteiger partial charge in [-0.05, 0) is 6.42 Å². The molecular formula is C7H8N2S. The topological polar surface area (TPSA) is 17.3 Å². The summed E-state index contributed by atoms with van der Waals surface area (Å²) < 4.78 is 2.06. The van der Waals surface area contributed by atoms with E-state index in [2.05, 4.69) is 22.5 Å². The van der Waals surface area contributed by atoms with Gasteiger partial charge in [-0.2, -0.15) is 0 Å². The zero-order chi connectivity index (χ0) is 6.97. The van der Waals surface area contributed by atoms with Crippen LogP contribution in [0.1, 0.15) is 12.6 Å². The second-order valence-corrected chi connectivity index (χ2v) is 3.05. The maximum absolute atomic E-state index is 4.37. The van der Waals surface area contributed by atoms with E-state index in [1.54, 1.807) is 11.3 Å². The molecule has 0 N–H and O–H groups in total. The third-order valence-corrected chi connectivity index (χ3v) is 2.28. The van der Waals surface area contributed by atoms with Gasteiger partial charge >= 0.3 is 0 Å². The fourth-order valence-electron chi connectivity index (χ4n) is 0.946. The molecule has 10 heavy (non-hydrogen) atoms. The van der Waals surface area contributed by atoms with Crippen LogP contribution in [-0.2, 0) is 6.42 Å². The van der Waals surface area contributed by atoms with Crippen molar-refractivity contribution in [3.05, 3.63) is 23.5 Å². The van der Waals surface area contributed by atoms with Crippen LogP contribution in [0.25, 0.3) is 4.96 Å². The van der Waals surface area contributed by atoms with E-state index in [4.69, 9.17) is 0 Å². The number of hydrogen-bond donors (Lipinski definition) is 0. The smallest absolute Gasteiger partial charge is 0.193 e. The van der Waals surface area contributed by atoms with Crippen molar-refractivity contribution in [1.82, 2.24) is 9.38 Å². The highest BCUT2D eigenvalue weighted by Gasteiger charge is 1.97. The first kappa shape index (κ1) is 5.92. The lowest BCUT2D eigenvalue weighted by Gasteiger charge is -1.79. The van der Waals surface area contributed by atoms with Gasteiger partial charge in [0.05, 0.1) is 5.69 Å². The Labute approximate surface area is 63.1 Å². The lowest BCUT2D eigenvalue weighted by molar-refractivity contribution is 1.07. The Morgan fingerprint density at radius 3 is 3.30 bits per heavy atom. The van der Waals surface area contributed by atoms with Crippen molar-refractivity contribution in [3.63, 3.8) is 0 Å². The minimum Gasteiger partial charge on any atom is -0.297 e. The standard InChI is InChI=1S/C7H8N2S/c1-2-6-5-9-3-4-10-7(9)8-6/h3-5H,2H2,1H3. The molecule has 0 saturated carbocycles. The molecule has 2 rings (SSSR count). The van der Waals surface area contributed by atoms with E-state index in [1.807, 2.05) is 11.6 Å². The SMILES string of the molecule is CCc1cn2ccsc2n1. The number of thiazole rings is 1. The molecule has 0 bridgehead atoms. The predicted octanol–water partition coefficient (Wildman–Crippen LogP) is 1.96. The molecule has 0 amide bonds. The van der Waals surface area contributed by atoms with Gasteiger partial charge in [0.1, 0.15) is 0 Å². The summed E-state index contributed by atoms with van der Waals surface area (Å²) in [7, 11) is 0. The molecule has 0 radical (unpaired) electrons. The first-order valence-electron chi connectivity index (χ1n) is 3.31. The number of aromatic nitrogens is 2. The van der Waals surface area contributed by atoms with Crippen LogP contribution in [0, 0.1) is 0 Å².